The van der Waals surface area contributed by atoms with Gasteiger partial charge in [0, 0.05) is 38.3 Å². The lowest BCUT2D eigenvalue weighted by Gasteiger charge is -2.25. The summed E-state index contributed by atoms with van der Waals surface area (Å²) in [5.74, 6) is 2.28. The number of hydrogen-bond donors (Lipinski definition) is 1. The third kappa shape index (κ3) is 3.75. The molecule has 0 aliphatic carbocycles. The van der Waals surface area contributed by atoms with Crippen LogP contribution in [0.5, 0.6) is 0 Å². The van der Waals surface area contributed by atoms with E-state index >= 15 is 0 Å². The van der Waals surface area contributed by atoms with Crippen LogP contribution in [-0.2, 0) is 25.9 Å². The molecule has 2 atom stereocenters. The highest BCUT2D eigenvalue weighted by Crippen LogP contribution is 2.33. The van der Waals surface area contributed by atoms with Crippen molar-refractivity contribution in [1.29, 1.82) is 0 Å². The molecule has 0 radical (unpaired) electrons. The van der Waals surface area contributed by atoms with Crippen LogP contribution < -0.4 is 5.32 Å². The van der Waals surface area contributed by atoms with Gasteiger partial charge in [0.25, 0.3) is 5.91 Å². The number of nitrogens with zero attached hydrogens (tertiary/aromatic N) is 4. The van der Waals surface area contributed by atoms with Crippen LogP contribution in [0.15, 0.2) is 54.6 Å². The maximum absolute atomic E-state index is 12.8. The molecular formula is C24H27N5O. The van der Waals surface area contributed by atoms with E-state index in [1.165, 1.54) is 11.1 Å². The first kappa shape index (κ1) is 19.0. The monoisotopic (exact) mass is 401 g/mol. The van der Waals surface area contributed by atoms with Gasteiger partial charge in [0.2, 0.25) is 5.82 Å². The van der Waals surface area contributed by atoms with Gasteiger partial charge in [0.15, 0.2) is 0 Å². The maximum atomic E-state index is 12.8. The van der Waals surface area contributed by atoms with Crippen molar-refractivity contribution in [2.75, 3.05) is 18.4 Å². The largest absolute Gasteiger partial charge is 0.319 e. The zero-order valence-electron chi connectivity index (χ0n) is 17.3. The molecule has 30 heavy (non-hydrogen) atoms. The lowest BCUT2D eigenvalue weighted by Crippen LogP contribution is -2.31. The third-order valence-electron chi connectivity index (χ3n) is 6.41. The number of benzene rings is 2. The van der Waals surface area contributed by atoms with Crippen LogP contribution in [0.25, 0.3) is 0 Å². The zero-order chi connectivity index (χ0) is 20.5. The molecule has 0 spiro atoms. The number of carbonyl (C=O) groups excluding carboxylic acids is 1. The Hall–Kier alpha value is -2.99. The average Bonchev–Trinajstić information content (AvgIpc) is 3.36. The van der Waals surface area contributed by atoms with E-state index in [4.69, 9.17) is 0 Å². The molecule has 2 aliphatic rings. The van der Waals surface area contributed by atoms with E-state index in [1.54, 1.807) is 0 Å². The lowest BCUT2D eigenvalue weighted by molar-refractivity contribution is 0.100. The second-order valence-electron chi connectivity index (χ2n) is 8.46. The van der Waals surface area contributed by atoms with Crippen molar-refractivity contribution < 1.29 is 4.79 Å². The second kappa shape index (κ2) is 8.03. The van der Waals surface area contributed by atoms with Gasteiger partial charge in [-0.3, -0.25) is 9.69 Å². The van der Waals surface area contributed by atoms with Crippen molar-refractivity contribution in [3.05, 3.63) is 77.4 Å². The summed E-state index contributed by atoms with van der Waals surface area (Å²) in [4.78, 5) is 15.3. The van der Waals surface area contributed by atoms with E-state index in [9.17, 15) is 4.79 Å². The summed E-state index contributed by atoms with van der Waals surface area (Å²) in [5.41, 5.74) is 3.52. The molecule has 1 amide bonds. The van der Waals surface area contributed by atoms with Crippen LogP contribution in [0.1, 0.15) is 34.5 Å². The fourth-order valence-electron chi connectivity index (χ4n) is 4.77. The van der Waals surface area contributed by atoms with Crippen molar-refractivity contribution in [2.45, 2.75) is 32.9 Å². The van der Waals surface area contributed by atoms with Gasteiger partial charge in [-0.15, -0.1) is 10.2 Å². The lowest BCUT2D eigenvalue weighted by atomic mass is 9.89. The van der Waals surface area contributed by atoms with Gasteiger partial charge >= 0.3 is 0 Å². The Kier molecular flexibility index (Phi) is 5.09. The first-order valence-corrected chi connectivity index (χ1v) is 10.8. The van der Waals surface area contributed by atoms with Crippen molar-refractivity contribution in [3.8, 4) is 0 Å². The molecule has 3 aromatic rings. The van der Waals surface area contributed by atoms with E-state index < -0.39 is 0 Å². The number of rotatable bonds is 5. The number of hydrogen-bond acceptors (Lipinski definition) is 4. The van der Waals surface area contributed by atoms with Crippen molar-refractivity contribution in [2.24, 2.45) is 11.8 Å². The van der Waals surface area contributed by atoms with E-state index in [-0.39, 0.29) is 5.91 Å². The predicted octanol–water partition coefficient (Wildman–Crippen LogP) is 3.40. The minimum atomic E-state index is -0.190. The Bertz CT molecular complexity index is 1030. The first-order chi connectivity index (χ1) is 14.7. The highest BCUT2D eigenvalue weighted by atomic mass is 16.2. The number of likely N-dealkylation sites (tertiary alicyclic amines) is 1. The molecule has 1 saturated heterocycles. The van der Waals surface area contributed by atoms with Crippen molar-refractivity contribution in [1.82, 2.24) is 19.7 Å². The van der Waals surface area contributed by atoms with E-state index in [1.807, 2.05) is 34.9 Å². The molecule has 3 heterocycles. The summed E-state index contributed by atoms with van der Waals surface area (Å²) in [6.07, 6.45) is 1.97. The van der Waals surface area contributed by atoms with Gasteiger partial charge in [-0.25, -0.2) is 0 Å². The molecule has 1 aromatic heterocycles. The molecule has 0 unspecified atom stereocenters. The summed E-state index contributed by atoms with van der Waals surface area (Å²) >= 11 is 0. The summed E-state index contributed by atoms with van der Waals surface area (Å²) < 4.78 is 2.03. The van der Waals surface area contributed by atoms with Gasteiger partial charge in [-0.05, 0) is 41.5 Å². The predicted molar refractivity (Wildman–Crippen MR) is 116 cm³/mol. The number of fused-ring (bicyclic) bond motifs is 2. The van der Waals surface area contributed by atoms with Crippen LogP contribution in [-0.4, -0.2) is 38.7 Å². The van der Waals surface area contributed by atoms with Gasteiger partial charge < -0.3 is 9.88 Å². The molecular weight excluding hydrogens is 374 g/mol. The molecule has 0 bridgehead atoms. The number of nitrogens with one attached hydrogen (secondary N) is 1. The van der Waals surface area contributed by atoms with Gasteiger partial charge in [-0.1, -0.05) is 49.4 Å². The quantitative estimate of drug-likeness (QED) is 0.712. The SMILES string of the molecule is CCc1ccc(CN2C[C@@H]3Cc4nnc(C(=O)Nc5ccccc5)n4C[C@@H]3C2)cc1. The normalized spacial score (nSPS) is 20.6. The third-order valence-corrected chi connectivity index (χ3v) is 6.41. The molecule has 6 heteroatoms. The summed E-state index contributed by atoms with van der Waals surface area (Å²) in [6, 6.07) is 18.5. The Morgan fingerprint density at radius 2 is 1.70 bits per heavy atom. The number of carbonyl (C=O) groups is 1. The second-order valence-corrected chi connectivity index (χ2v) is 8.46. The van der Waals surface area contributed by atoms with E-state index in [0.717, 1.165) is 50.5 Å². The molecule has 0 saturated carbocycles. The van der Waals surface area contributed by atoms with E-state index in [2.05, 4.69) is 51.6 Å². The number of amides is 1. The molecule has 2 aliphatic heterocycles. The molecule has 5 rings (SSSR count). The Morgan fingerprint density at radius 3 is 2.47 bits per heavy atom. The highest BCUT2D eigenvalue weighted by molar-refractivity contribution is 6.01. The Labute approximate surface area is 176 Å². The number of anilines is 1. The summed E-state index contributed by atoms with van der Waals surface area (Å²) in [5, 5.41) is 11.5. The maximum Gasteiger partial charge on any atom is 0.293 e. The fraction of sp³-hybridized carbons (Fsp3) is 0.375. The molecule has 154 valence electrons. The molecule has 6 nitrogen and oxygen atoms in total. The van der Waals surface area contributed by atoms with Gasteiger partial charge in [0.1, 0.15) is 5.82 Å². The molecule has 2 aromatic carbocycles. The van der Waals surface area contributed by atoms with Crippen molar-refractivity contribution in [3.63, 3.8) is 0 Å². The summed E-state index contributed by atoms with van der Waals surface area (Å²) in [6.45, 7) is 6.12. The fourth-order valence-corrected chi connectivity index (χ4v) is 4.77. The molecule has 1 N–H and O–H groups in total. The molecule has 1 fully saturated rings. The number of para-hydroxylation sites is 1. The first-order valence-electron chi connectivity index (χ1n) is 10.8. The standard InChI is InChI=1S/C24H27N5O/c1-2-17-8-10-18(11-9-17)13-28-14-19-12-22-26-27-23(29(22)16-20(19)15-28)24(30)25-21-6-4-3-5-7-21/h3-11,19-20H,2,12-16H2,1H3,(H,25,30)/t19-,20-/m0/s1. The Morgan fingerprint density at radius 1 is 0.967 bits per heavy atom. The van der Waals surface area contributed by atoms with Crippen LogP contribution in [0.3, 0.4) is 0 Å². The number of aryl methyl sites for hydroxylation is 1. The minimum Gasteiger partial charge on any atom is -0.319 e. The van der Waals surface area contributed by atoms with Crippen LogP contribution >= 0.6 is 0 Å². The Balaban J connectivity index is 1.26. The van der Waals surface area contributed by atoms with Crippen LogP contribution in [0, 0.1) is 11.8 Å². The van der Waals surface area contributed by atoms with Gasteiger partial charge in [-0.2, -0.15) is 0 Å². The van der Waals surface area contributed by atoms with E-state index in [0.29, 0.717) is 17.7 Å². The average molecular weight is 402 g/mol. The van der Waals surface area contributed by atoms with Crippen molar-refractivity contribution >= 4 is 11.6 Å². The van der Waals surface area contributed by atoms with Crippen LogP contribution in [0.2, 0.25) is 0 Å². The highest BCUT2D eigenvalue weighted by Gasteiger charge is 2.39. The zero-order valence-corrected chi connectivity index (χ0v) is 17.3. The smallest absolute Gasteiger partial charge is 0.293 e. The number of aromatic nitrogens is 3. The topological polar surface area (TPSA) is 63.1 Å². The minimum absolute atomic E-state index is 0.190. The van der Waals surface area contributed by atoms with Gasteiger partial charge in [0.05, 0.1) is 0 Å². The van der Waals surface area contributed by atoms with Crippen LogP contribution in [0.4, 0.5) is 5.69 Å². The summed E-state index contributed by atoms with van der Waals surface area (Å²) in [7, 11) is 0.